The summed E-state index contributed by atoms with van der Waals surface area (Å²) in [6, 6.07) is 9.58. The van der Waals surface area contributed by atoms with Crippen LogP contribution in [0.3, 0.4) is 0 Å². The van der Waals surface area contributed by atoms with Crippen molar-refractivity contribution in [3.63, 3.8) is 0 Å². The maximum absolute atomic E-state index is 12.5. The molecule has 1 fully saturated rings. The second kappa shape index (κ2) is 8.81. The van der Waals surface area contributed by atoms with Crippen LogP contribution in [0, 0.1) is 0 Å². The highest BCUT2D eigenvalue weighted by atomic mass is 35.5. The zero-order chi connectivity index (χ0) is 17.5. The first kappa shape index (κ1) is 17.7. The molecule has 1 aliphatic carbocycles. The number of hydrogen-bond acceptors (Lipinski definition) is 4. The molecule has 2 aromatic rings. The van der Waals surface area contributed by atoms with Crippen LogP contribution in [-0.4, -0.2) is 21.9 Å². The van der Waals surface area contributed by atoms with Gasteiger partial charge in [-0.05, 0) is 24.5 Å². The van der Waals surface area contributed by atoms with Crippen molar-refractivity contribution in [2.24, 2.45) is 0 Å². The highest BCUT2D eigenvalue weighted by Gasteiger charge is 2.17. The fraction of sp³-hybridized carbons (Fsp3) is 0.421. The minimum absolute atomic E-state index is 0.130. The summed E-state index contributed by atoms with van der Waals surface area (Å²) in [6.07, 6.45) is 8.39. The van der Waals surface area contributed by atoms with Crippen LogP contribution in [0.15, 0.2) is 36.7 Å². The summed E-state index contributed by atoms with van der Waals surface area (Å²) >= 11 is 6.16. The molecule has 1 aromatic carbocycles. The summed E-state index contributed by atoms with van der Waals surface area (Å²) in [7, 11) is 0. The van der Waals surface area contributed by atoms with Crippen molar-refractivity contribution in [1.82, 2.24) is 15.3 Å². The van der Waals surface area contributed by atoms with Crippen molar-refractivity contribution in [2.75, 3.05) is 5.32 Å². The number of anilines is 1. The molecule has 0 bridgehead atoms. The largest absolute Gasteiger partial charge is 0.366 e. The molecule has 1 amide bonds. The fourth-order valence-electron chi connectivity index (χ4n) is 3.09. The van der Waals surface area contributed by atoms with Crippen molar-refractivity contribution >= 4 is 23.3 Å². The van der Waals surface area contributed by atoms with Gasteiger partial charge in [-0.2, -0.15) is 0 Å². The number of amides is 1. The minimum atomic E-state index is -0.130. The van der Waals surface area contributed by atoms with Gasteiger partial charge in [-0.3, -0.25) is 4.79 Å². The van der Waals surface area contributed by atoms with Gasteiger partial charge in [0, 0.05) is 23.7 Å². The van der Waals surface area contributed by atoms with Crippen LogP contribution in [-0.2, 0) is 6.54 Å². The van der Waals surface area contributed by atoms with Gasteiger partial charge < -0.3 is 10.6 Å². The SMILES string of the molecule is O=C(NC1CCCCCC1)c1cc(NCc2ccccc2Cl)ncn1. The summed E-state index contributed by atoms with van der Waals surface area (Å²) in [5.74, 6) is 0.482. The van der Waals surface area contributed by atoms with E-state index in [9.17, 15) is 4.79 Å². The Kier molecular flexibility index (Phi) is 6.23. The predicted octanol–water partition coefficient (Wildman–Crippen LogP) is 4.19. The lowest BCUT2D eigenvalue weighted by molar-refractivity contribution is 0.0928. The van der Waals surface area contributed by atoms with E-state index in [1.165, 1.54) is 32.0 Å². The molecule has 25 heavy (non-hydrogen) atoms. The van der Waals surface area contributed by atoms with E-state index in [-0.39, 0.29) is 11.9 Å². The average molecular weight is 359 g/mol. The molecule has 0 unspecified atom stereocenters. The lowest BCUT2D eigenvalue weighted by Crippen LogP contribution is -2.34. The molecule has 1 aliphatic rings. The molecular formula is C19H23ClN4O. The molecule has 1 heterocycles. The van der Waals surface area contributed by atoms with E-state index in [1.807, 2.05) is 24.3 Å². The third-order valence-corrected chi connectivity index (χ3v) is 4.88. The smallest absolute Gasteiger partial charge is 0.270 e. The predicted molar refractivity (Wildman–Crippen MR) is 99.8 cm³/mol. The second-order valence-corrected chi connectivity index (χ2v) is 6.80. The Morgan fingerprint density at radius 1 is 1.12 bits per heavy atom. The molecule has 3 rings (SSSR count). The lowest BCUT2D eigenvalue weighted by Gasteiger charge is -2.16. The first-order valence-electron chi connectivity index (χ1n) is 8.82. The summed E-state index contributed by atoms with van der Waals surface area (Å²) in [5.41, 5.74) is 1.37. The van der Waals surface area contributed by atoms with Gasteiger partial charge in [0.2, 0.25) is 0 Å². The minimum Gasteiger partial charge on any atom is -0.366 e. The Bertz CT molecular complexity index is 714. The Morgan fingerprint density at radius 3 is 2.64 bits per heavy atom. The van der Waals surface area contributed by atoms with Crippen LogP contribution in [0.25, 0.3) is 0 Å². The van der Waals surface area contributed by atoms with Gasteiger partial charge in [-0.25, -0.2) is 9.97 Å². The molecule has 0 saturated heterocycles. The number of aromatic nitrogens is 2. The van der Waals surface area contributed by atoms with Gasteiger partial charge in [0.1, 0.15) is 17.8 Å². The molecule has 0 aliphatic heterocycles. The van der Waals surface area contributed by atoms with Crippen LogP contribution in [0.2, 0.25) is 5.02 Å². The number of nitrogens with zero attached hydrogens (tertiary/aromatic N) is 2. The number of nitrogens with one attached hydrogen (secondary N) is 2. The summed E-state index contributed by atoms with van der Waals surface area (Å²) in [4.78, 5) is 20.8. The van der Waals surface area contributed by atoms with Crippen LogP contribution in [0.5, 0.6) is 0 Å². The van der Waals surface area contributed by atoms with Crippen LogP contribution in [0.4, 0.5) is 5.82 Å². The molecule has 0 atom stereocenters. The summed E-state index contributed by atoms with van der Waals surface area (Å²) in [5, 5.41) is 7.01. The summed E-state index contributed by atoms with van der Waals surface area (Å²) in [6.45, 7) is 0.542. The van der Waals surface area contributed by atoms with Gasteiger partial charge >= 0.3 is 0 Å². The number of halogens is 1. The molecule has 1 aromatic heterocycles. The third-order valence-electron chi connectivity index (χ3n) is 4.51. The number of benzene rings is 1. The molecule has 6 heteroatoms. The Hall–Kier alpha value is -2.14. The van der Waals surface area contributed by atoms with E-state index >= 15 is 0 Å². The van der Waals surface area contributed by atoms with Crippen molar-refractivity contribution in [1.29, 1.82) is 0 Å². The number of hydrogen-bond donors (Lipinski definition) is 2. The molecule has 1 saturated carbocycles. The Balaban J connectivity index is 1.60. The van der Waals surface area contributed by atoms with Crippen molar-refractivity contribution < 1.29 is 4.79 Å². The van der Waals surface area contributed by atoms with E-state index in [1.54, 1.807) is 6.07 Å². The van der Waals surface area contributed by atoms with E-state index in [0.29, 0.717) is 23.1 Å². The van der Waals surface area contributed by atoms with Gasteiger partial charge in [0.25, 0.3) is 5.91 Å². The second-order valence-electron chi connectivity index (χ2n) is 6.40. The molecule has 5 nitrogen and oxygen atoms in total. The maximum Gasteiger partial charge on any atom is 0.270 e. The maximum atomic E-state index is 12.5. The number of carbonyl (C=O) groups excluding carboxylic acids is 1. The topological polar surface area (TPSA) is 66.9 Å². The highest BCUT2D eigenvalue weighted by molar-refractivity contribution is 6.31. The zero-order valence-electron chi connectivity index (χ0n) is 14.2. The number of carbonyl (C=O) groups is 1. The van der Waals surface area contributed by atoms with Gasteiger partial charge in [0.05, 0.1) is 0 Å². The van der Waals surface area contributed by atoms with Gasteiger partial charge in [-0.1, -0.05) is 55.5 Å². The van der Waals surface area contributed by atoms with Crippen LogP contribution in [0.1, 0.15) is 54.6 Å². The highest BCUT2D eigenvalue weighted by Crippen LogP contribution is 2.18. The third kappa shape index (κ3) is 5.16. The average Bonchev–Trinajstić information content (AvgIpc) is 2.90. The first-order valence-corrected chi connectivity index (χ1v) is 9.20. The monoisotopic (exact) mass is 358 g/mol. The van der Waals surface area contributed by atoms with Crippen LogP contribution < -0.4 is 10.6 Å². The van der Waals surface area contributed by atoms with E-state index in [2.05, 4.69) is 20.6 Å². The lowest BCUT2D eigenvalue weighted by atomic mass is 10.1. The van der Waals surface area contributed by atoms with Crippen molar-refractivity contribution in [3.8, 4) is 0 Å². The summed E-state index contributed by atoms with van der Waals surface area (Å²) < 4.78 is 0. The Morgan fingerprint density at radius 2 is 1.88 bits per heavy atom. The molecule has 0 spiro atoms. The molecule has 132 valence electrons. The molecule has 0 radical (unpaired) electrons. The van der Waals surface area contributed by atoms with Gasteiger partial charge in [0.15, 0.2) is 0 Å². The zero-order valence-corrected chi connectivity index (χ0v) is 14.9. The standard InChI is InChI=1S/C19H23ClN4O/c20-16-10-6-5-7-14(16)12-21-18-11-17(22-13-23-18)19(25)24-15-8-3-1-2-4-9-15/h5-7,10-11,13,15H,1-4,8-9,12H2,(H,24,25)(H,21,22,23). The van der Waals surface area contributed by atoms with E-state index in [0.717, 1.165) is 18.4 Å². The van der Waals surface area contributed by atoms with Crippen molar-refractivity contribution in [2.45, 2.75) is 51.1 Å². The quantitative estimate of drug-likeness (QED) is 0.786. The van der Waals surface area contributed by atoms with E-state index < -0.39 is 0 Å². The van der Waals surface area contributed by atoms with E-state index in [4.69, 9.17) is 11.6 Å². The first-order chi connectivity index (χ1) is 12.2. The number of rotatable bonds is 5. The van der Waals surface area contributed by atoms with Gasteiger partial charge in [-0.15, -0.1) is 0 Å². The molecule has 2 N–H and O–H groups in total. The molecular weight excluding hydrogens is 336 g/mol. The van der Waals surface area contributed by atoms with Crippen molar-refractivity contribution in [3.05, 3.63) is 52.9 Å². The van der Waals surface area contributed by atoms with Crippen LogP contribution >= 0.6 is 11.6 Å². The Labute approximate surface area is 153 Å². The fourth-order valence-corrected chi connectivity index (χ4v) is 3.29. The normalized spacial score (nSPS) is 15.4.